The Kier molecular flexibility index (Phi) is 3.62. The van der Waals surface area contributed by atoms with Crippen molar-refractivity contribution in [3.63, 3.8) is 0 Å². The molecule has 1 fully saturated rings. The molecule has 1 aromatic rings. The van der Waals surface area contributed by atoms with E-state index in [4.69, 9.17) is 0 Å². The van der Waals surface area contributed by atoms with Gasteiger partial charge in [-0.25, -0.2) is 4.68 Å². The Bertz CT molecular complexity index is 582. The average molecular weight is 289 g/mol. The number of halogens is 1. The third-order valence-corrected chi connectivity index (χ3v) is 4.11. The minimum atomic E-state index is -4.69. The zero-order valence-corrected chi connectivity index (χ0v) is 11.6. The highest BCUT2D eigenvalue weighted by molar-refractivity contribution is 7.87. The molecule has 1 saturated heterocycles. The van der Waals surface area contributed by atoms with Gasteiger partial charge in [-0.3, -0.25) is 9.69 Å². The van der Waals surface area contributed by atoms with Crippen molar-refractivity contribution in [2.24, 2.45) is 5.92 Å². The van der Waals surface area contributed by atoms with Crippen LogP contribution >= 0.6 is 0 Å². The Hall–Kier alpha value is -1.44. The Morgan fingerprint density at radius 1 is 1.53 bits per heavy atom. The van der Waals surface area contributed by atoms with Gasteiger partial charge in [-0.15, -0.1) is 3.89 Å². The van der Waals surface area contributed by atoms with Crippen LogP contribution in [-0.2, 0) is 21.6 Å². The average Bonchev–Trinajstić information content (AvgIpc) is 2.82. The van der Waals surface area contributed by atoms with Crippen molar-refractivity contribution in [3.05, 3.63) is 12.3 Å². The molecule has 1 amide bonds. The van der Waals surface area contributed by atoms with E-state index in [9.17, 15) is 17.1 Å². The summed E-state index contributed by atoms with van der Waals surface area (Å²) in [6.07, 6.45) is 1.23. The molecule has 0 radical (unpaired) electrons. The maximum Gasteiger partial charge on any atom is 0.307 e. The fraction of sp³-hybridized carbons (Fsp3) is 0.636. The van der Waals surface area contributed by atoms with Gasteiger partial charge in [-0.2, -0.15) is 13.5 Å². The smallest absolute Gasteiger partial charge is 0.296 e. The SMILES string of the molecule is CC(C)Cn1nccc1N1CC(S(=O)(=O)F)CC1=O. The van der Waals surface area contributed by atoms with Gasteiger partial charge in [-0.1, -0.05) is 13.8 Å². The zero-order chi connectivity index (χ0) is 14.2. The number of aromatic nitrogens is 2. The molecule has 19 heavy (non-hydrogen) atoms. The molecule has 1 aromatic heterocycles. The molecule has 0 bridgehead atoms. The van der Waals surface area contributed by atoms with Crippen LogP contribution in [0.1, 0.15) is 20.3 Å². The van der Waals surface area contributed by atoms with Crippen LogP contribution in [0.3, 0.4) is 0 Å². The predicted octanol–water partition coefficient (Wildman–Crippen LogP) is 0.944. The van der Waals surface area contributed by atoms with Crippen molar-refractivity contribution in [2.75, 3.05) is 11.4 Å². The van der Waals surface area contributed by atoms with Crippen LogP contribution < -0.4 is 4.90 Å². The van der Waals surface area contributed by atoms with Crippen LogP contribution in [0.2, 0.25) is 0 Å². The number of amides is 1. The summed E-state index contributed by atoms with van der Waals surface area (Å²) in [5.41, 5.74) is 0. The first-order valence-corrected chi connectivity index (χ1v) is 7.49. The molecule has 8 heteroatoms. The maximum atomic E-state index is 13.0. The second-order valence-electron chi connectivity index (χ2n) is 5.07. The van der Waals surface area contributed by atoms with Crippen molar-refractivity contribution in [1.29, 1.82) is 0 Å². The zero-order valence-electron chi connectivity index (χ0n) is 10.8. The summed E-state index contributed by atoms with van der Waals surface area (Å²) < 4.78 is 36.4. The Balaban J connectivity index is 2.24. The van der Waals surface area contributed by atoms with E-state index >= 15 is 0 Å². The van der Waals surface area contributed by atoms with E-state index in [1.807, 2.05) is 13.8 Å². The van der Waals surface area contributed by atoms with Gasteiger partial charge in [-0.05, 0) is 5.92 Å². The summed E-state index contributed by atoms with van der Waals surface area (Å²) in [6.45, 7) is 4.47. The van der Waals surface area contributed by atoms with Crippen LogP contribution in [-0.4, -0.2) is 35.9 Å². The molecule has 106 valence electrons. The maximum absolute atomic E-state index is 13.0. The van der Waals surface area contributed by atoms with E-state index in [-0.39, 0.29) is 13.0 Å². The monoisotopic (exact) mass is 289 g/mol. The molecule has 0 spiro atoms. The molecule has 2 rings (SSSR count). The number of carbonyl (C=O) groups excluding carboxylic acids is 1. The largest absolute Gasteiger partial charge is 0.307 e. The molecule has 2 heterocycles. The van der Waals surface area contributed by atoms with Gasteiger partial charge in [0.25, 0.3) is 0 Å². The molecule has 0 aliphatic carbocycles. The van der Waals surface area contributed by atoms with Crippen LogP contribution in [0.4, 0.5) is 9.70 Å². The second-order valence-corrected chi connectivity index (χ2v) is 6.69. The van der Waals surface area contributed by atoms with Gasteiger partial charge in [0, 0.05) is 25.6 Å². The van der Waals surface area contributed by atoms with Crippen molar-refractivity contribution in [3.8, 4) is 0 Å². The first kappa shape index (κ1) is 14.0. The van der Waals surface area contributed by atoms with Gasteiger partial charge in [0.05, 0.1) is 6.20 Å². The lowest BCUT2D eigenvalue weighted by atomic mass is 10.2. The molecule has 1 aliphatic rings. The van der Waals surface area contributed by atoms with E-state index in [1.165, 1.54) is 4.90 Å². The van der Waals surface area contributed by atoms with E-state index < -0.39 is 21.4 Å². The molecule has 6 nitrogen and oxygen atoms in total. The van der Waals surface area contributed by atoms with Crippen molar-refractivity contribution < 1.29 is 17.1 Å². The first-order chi connectivity index (χ1) is 8.79. The highest BCUT2D eigenvalue weighted by Crippen LogP contribution is 2.26. The summed E-state index contributed by atoms with van der Waals surface area (Å²) in [5.74, 6) is 0.457. The predicted molar refractivity (Wildman–Crippen MR) is 67.9 cm³/mol. The van der Waals surface area contributed by atoms with Gasteiger partial charge in [0.1, 0.15) is 11.1 Å². The summed E-state index contributed by atoms with van der Waals surface area (Å²) in [6, 6.07) is 1.63. The molecule has 1 aliphatic heterocycles. The number of anilines is 1. The van der Waals surface area contributed by atoms with Crippen molar-refractivity contribution in [2.45, 2.75) is 32.1 Å². The van der Waals surface area contributed by atoms with Crippen LogP contribution in [0.15, 0.2) is 12.3 Å². The van der Waals surface area contributed by atoms with Crippen LogP contribution in [0.25, 0.3) is 0 Å². The molecule has 0 N–H and O–H groups in total. The van der Waals surface area contributed by atoms with E-state index in [0.29, 0.717) is 18.3 Å². The van der Waals surface area contributed by atoms with E-state index in [1.54, 1.807) is 16.9 Å². The van der Waals surface area contributed by atoms with Crippen molar-refractivity contribution >= 4 is 21.9 Å². The number of nitrogens with zero attached hydrogens (tertiary/aromatic N) is 3. The summed E-state index contributed by atoms with van der Waals surface area (Å²) in [4.78, 5) is 13.1. The quantitative estimate of drug-likeness (QED) is 0.773. The van der Waals surface area contributed by atoms with Crippen LogP contribution in [0.5, 0.6) is 0 Å². The lowest BCUT2D eigenvalue weighted by Gasteiger charge is -2.18. The standard InChI is InChI=1S/C11H16FN3O3S/c1-8(2)6-15-10(3-4-13-15)14-7-9(5-11(14)16)19(12,17)18/h3-4,8-9H,5-7H2,1-2H3. The lowest BCUT2D eigenvalue weighted by Crippen LogP contribution is -2.29. The minimum absolute atomic E-state index is 0.151. The van der Waals surface area contributed by atoms with E-state index in [2.05, 4.69) is 5.10 Å². The number of rotatable bonds is 4. The van der Waals surface area contributed by atoms with Gasteiger partial charge >= 0.3 is 10.2 Å². The third-order valence-electron chi connectivity index (χ3n) is 3.00. The highest BCUT2D eigenvalue weighted by atomic mass is 32.3. The molecular formula is C11H16FN3O3S. The summed E-state index contributed by atoms with van der Waals surface area (Å²) in [7, 11) is -4.69. The number of carbonyl (C=O) groups is 1. The first-order valence-electron chi connectivity index (χ1n) is 6.04. The van der Waals surface area contributed by atoms with Gasteiger partial charge in [0.15, 0.2) is 0 Å². The number of hydrogen-bond donors (Lipinski definition) is 0. The molecule has 1 unspecified atom stereocenters. The lowest BCUT2D eigenvalue weighted by molar-refractivity contribution is -0.117. The van der Waals surface area contributed by atoms with Gasteiger partial charge in [0.2, 0.25) is 5.91 Å². The molecule has 0 aromatic carbocycles. The second kappa shape index (κ2) is 4.92. The topological polar surface area (TPSA) is 72.3 Å². The number of hydrogen-bond acceptors (Lipinski definition) is 4. The third kappa shape index (κ3) is 2.94. The van der Waals surface area contributed by atoms with Crippen molar-refractivity contribution in [1.82, 2.24) is 9.78 Å². The fourth-order valence-electron chi connectivity index (χ4n) is 2.13. The molecular weight excluding hydrogens is 273 g/mol. The normalized spacial score (nSPS) is 20.5. The Labute approximate surface area is 111 Å². The molecule has 1 atom stereocenters. The summed E-state index contributed by atoms with van der Waals surface area (Å²) >= 11 is 0. The van der Waals surface area contributed by atoms with Crippen LogP contribution in [0, 0.1) is 5.92 Å². The summed E-state index contributed by atoms with van der Waals surface area (Å²) in [5, 5.41) is 2.83. The Morgan fingerprint density at radius 3 is 2.74 bits per heavy atom. The minimum Gasteiger partial charge on any atom is -0.296 e. The molecule has 0 saturated carbocycles. The van der Waals surface area contributed by atoms with Gasteiger partial charge < -0.3 is 0 Å². The fourth-order valence-corrected chi connectivity index (χ4v) is 2.80. The Morgan fingerprint density at radius 2 is 2.21 bits per heavy atom. The van der Waals surface area contributed by atoms with E-state index in [0.717, 1.165) is 0 Å². The highest BCUT2D eigenvalue weighted by Gasteiger charge is 2.40.